The largest absolute Gasteiger partial charge is 0.383 e. The molecule has 0 bridgehead atoms. The van der Waals surface area contributed by atoms with E-state index in [4.69, 9.17) is 10.5 Å². The van der Waals surface area contributed by atoms with Gasteiger partial charge in [0.1, 0.15) is 5.82 Å². The number of rotatable bonds is 8. The lowest BCUT2D eigenvalue weighted by Crippen LogP contribution is -2.35. The van der Waals surface area contributed by atoms with Gasteiger partial charge in [0.15, 0.2) is 0 Å². The predicted molar refractivity (Wildman–Crippen MR) is 69.8 cm³/mol. The van der Waals surface area contributed by atoms with Crippen LogP contribution in [-0.2, 0) is 11.3 Å². The smallest absolute Gasteiger partial charge is 0.145 e. The molecule has 0 unspecified atom stereocenters. The Morgan fingerprint density at radius 2 is 2.24 bits per heavy atom. The predicted octanol–water partition coefficient (Wildman–Crippen LogP) is 1.21. The van der Waals surface area contributed by atoms with Gasteiger partial charge in [0.25, 0.3) is 0 Å². The molecule has 5 nitrogen and oxygen atoms in total. The Hall–Kier alpha value is -1.07. The van der Waals surface area contributed by atoms with Gasteiger partial charge in [-0.3, -0.25) is 9.58 Å². The van der Waals surface area contributed by atoms with Gasteiger partial charge in [0.2, 0.25) is 0 Å². The molecular formula is C12H24N4O. The lowest BCUT2D eigenvalue weighted by atomic mass is 10.3. The van der Waals surface area contributed by atoms with Crippen molar-refractivity contribution in [3.8, 4) is 0 Å². The highest BCUT2D eigenvalue weighted by Gasteiger charge is 2.08. The molecule has 5 heteroatoms. The molecule has 0 atom stereocenters. The Bertz CT molecular complexity index is 311. The van der Waals surface area contributed by atoms with E-state index >= 15 is 0 Å². The van der Waals surface area contributed by atoms with Crippen LogP contribution in [0.3, 0.4) is 0 Å². The zero-order valence-electron chi connectivity index (χ0n) is 11.1. The van der Waals surface area contributed by atoms with Crippen molar-refractivity contribution in [1.82, 2.24) is 14.7 Å². The van der Waals surface area contributed by atoms with Gasteiger partial charge in [-0.2, -0.15) is 5.10 Å². The summed E-state index contributed by atoms with van der Waals surface area (Å²) in [6.45, 7) is 8.15. The van der Waals surface area contributed by atoms with Crippen LogP contribution < -0.4 is 5.73 Å². The molecule has 0 amide bonds. The molecule has 1 rings (SSSR count). The van der Waals surface area contributed by atoms with Crippen molar-refractivity contribution < 1.29 is 4.74 Å². The Labute approximate surface area is 104 Å². The first-order valence-electron chi connectivity index (χ1n) is 6.15. The number of nitrogens with zero attached hydrogens (tertiary/aromatic N) is 3. The maximum atomic E-state index is 5.57. The Morgan fingerprint density at radius 3 is 2.76 bits per heavy atom. The van der Waals surface area contributed by atoms with E-state index in [1.165, 1.54) is 0 Å². The molecule has 0 fully saturated rings. The highest BCUT2D eigenvalue weighted by atomic mass is 16.5. The van der Waals surface area contributed by atoms with Crippen LogP contribution in [0, 0.1) is 0 Å². The molecule has 0 aliphatic carbocycles. The third-order valence-corrected chi connectivity index (χ3v) is 2.81. The van der Waals surface area contributed by atoms with E-state index in [0.717, 1.165) is 32.7 Å². The molecule has 0 aliphatic rings. The number of anilines is 1. The molecule has 0 aliphatic heterocycles. The standard InChI is InChI=1S/C12H24N4O/c1-11(2)15(9-10-17-3)6-4-7-16-8-5-12(13)14-16/h5,8,11H,4,6-7,9-10H2,1-3H3,(H2,13,14). The number of hydrogen-bond donors (Lipinski definition) is 1. The first-order chi connectivity index (χ1) is 8.13. The van der Waals surface area contributed by atoms with Crippen molar-refractivity contribution in [2.45, 2.75) is 32.9 Å². The number of hydrogen-bond acceptors (Lipinski definition) is 4. The summed E-state index contributed by atoms with van der Waals surface area (Å²) in [5.41, 5.74) is 5.57. The lowest BCUT2D eigenvalue weighted by molar-refractivity contribution is 0.127. The average molecular weight is 240 g/mol. The molecular weight excluding hydrogens is 216 g/mol. The molecule has 0 spiro atoms. The normalized spacial score (nSPS) is 11.6. The van der Waals surface area contributed by atoms with E-state index < -0.39 is 0 Å². The summed E-state index contributed by atoms with van der Waals surface area (Å²) in [5.74, 6) is 0.588. The minimum absolute atomic E-state index is 0.549. The van der Waals surface area contributed by atoms with Crippen LogP contribution in [0.4, 0.5) is 5.82 Å². The fourth-order valence-electron chi connectivity index (χ4n) is 1.77. The van der Waals surface area contributed by atoms with E-state index in [-0.39, 0.29) is 0 Å². The number of aryl methyl sites for hydroxylation is 1. The molecule has 1 heterocycles. The van der Waals surface area contributed by atoms with Crippen LogP contribution >= 0.6 is 0 Å². The van der Waals surface area contributed by atoms with Crippen molar-refractivity contribution in [1.29, 1.82) is 0 Å². The minimum atomic E-state index is 0.549. The number of aromatic nitrogens is 2. The first kappa shape index (κ1) is 14.0. The summed E-state index contributed by atoms with van der Waals surface area (Å²) < 4.78 is 7.01. The van der Waals surface area contributed by atoms with E-state index in [1.807, 2.05) is 16.9 Å². The third-order valence-electron chi connectivity index (χ3n) is 2.81. The lowest BCUT2D eigenvalue weighted by Gasteiger charge is -2.25. The number of ether oxygens (including phenoxy) is 1. The summed E-state index contributed by atoms with van der Waals surface area (Å²) in [6, 6.07) is 2.37. The van der Waals surface area contributed by atoms with Gasteiger partial charge in [-0.1, -0.05) is 0 Å². The molecule has 17 heavy (non-hydrogen) atoms. The second kappa shape index (κ2) is 7.29. The summed E-state index contributed by atoms with van der Waals surface area (Å²) in [4.78, 5) is 2.41. The SMILES string of the molecule is COCCN(CCCn1ccc(N)n1)C(C)C. The number of methoxy groups -OCH3 is 1. The highest BCUT2D eigenvalue weighted by Crippen LogP contribution is 2.02. The second-order valence-corrected chi connectivity index (χ2v) is 4.48. The zero-order valence-corrected chi connectivity index (χ0v) is 11.1. The van der Waals surface area contributed by atoms with Gasteiger partial charge in [0, 0.05) is 39.0 Å². The number of nitrogens with two attached hydrogens (primary N) is 1. The summed E-state index contributed by atoms with van der Waals surface area (Å²) >= 11 is 0. The molecule has 0 saturated heterocycles. The molecule has 2 N–H and O–H groups in total. The van der Waals surface area contributed by atoms with Crippen molar-refractivity contribution in [2.24, 2.45) is 0 Å². The monoisotopic (exact) mass is 240 g/mol. The first-order valence-corrected chi connectivity index (χ1v) is 6.15. The molecule has 0 saturated carbocycles. The van der Waals surface area contributed by atoms with Crippen molar-refractivity contribution in [3.63, 3.8) is 0 Å². The van der Waals surface area contributed by atoms with Gasteiger partial charge in [0.05, 0.1) is 6.61 Å². The van der Waals surface area contributed by atoms with Crippen LogP contribution in [0.15, 0.2) is 12.3 Å². The Balaban J connectivity index is 2.26. The van der Waals surface area contributed by atoms with Gasteiger partial charge >= 0.3 is 0 Å². The van der Waals surface area contributed by atoms with Crippen LogP contribution in [-0.4, -0.2) is 47.5 Å². The maximum absolute atomic E-state index is 5.57. The molecule has 0 radical (unpaired) electrons. The highest BCUT2D eigenvalue weighted by molar-refractivity contribution is 5.23. The summed E-state index contributed by atoms with van der Waals surface area (Å²) in [5, 5.41) is 4.17. The Morgan fingerprint density at radius 1 is 1.47 bits per heavy atom. The van der Waals surface area contributed by atoms with E-state index in [2.05, 4.69) is 23.8 Å². The summed E-state index contributed by atoms with van der Waals surface area (Å²) in [6.07, 6.45) is 2.99. The van der Waals surface area contributed by atoms with Crippen molar-refractivity contribution >= 4 is 5.82 Å². The van der Waals surface area contributed by atoms with Crippen molar-refractivity contribution in [2.75, 3.05) is 32.5 Å². The van der Waals surface area contributed by atoms with E-state index in [9.17, 15) is 0 Å². The third kappa shape index (κ3) is 5.19. The molecule has 0 aromatic carbocycles. The van der Waals surface area contributed by atoms with Gasteiger partial charge in [-0.15, -0.1) is 0 Å². The van der Waals surface area contributed by atoms with Crippen molar-refractivity contribution in [3.05, 3.63) is 12.3 Å². The van der Waals surface area contributed by atoms with Gasteiger partial charge < -0.3 is 10.5 Å². The van der Waals surface area contributed by atoms with E-state index in [1.54, 1.807) is 7.11 Å². The topological polar surface area (TPSA) is 56.3 Å². The second-order valence-electron chi connectivity index (χ2n) is 4.48. The molecule has 98 valence electrons. The van der Waals surface area contributed by atoms with Crippen LogP contribution in [0.5, 0.6) is 0 Å². The number of nitrogen functional groups attached to an aromatic ring is 1. The minimum Gasteiger partial charge on any atom is -0.383 e. The average Bonchev–Trinajstić information content (AvgIpc) is 2.68. The van der Waals surface area contributed by atoms with Gasteiger partial charge in [-0.25, -0.2) is 0 Å². The van der Waals surface area contributed by atoms with Crippen LogP contribution in [0.25, 0.3) is 0 Å². The van der Waals surface area contributed by atoms with Crippen LogP contribution in [0.1, 0.15) is 20.3 Å². The molecule has 1 aromatic rings. The molecule has 1 aromatic heterocycles. The van der Waals surface area contributed by atoms with E-state index in [0.29, 0.717) is 11.9 Å². The quantitative estimate of drug-likeness (QED) is 0.742. The van der Waals surface area contributed by atoms with Crippen LogP contribution in [0.2, 0.25) is 0 Å². The summed E-state index contributed by atoms with van der Waals surface area (Å²) in [7, 11) is 1.74. The fourth-order valence-corrected chi connectivity index (χ4v) is 1.77. The Kier molecular flexibility index (Phi) is 6.00. The fraction of sp³-hybridized carbons (Fsp3) is 0.750. The maximum Gasteiger partial charge on any atom is 0.145 e. The van der Waals surface area contributed by atoms with Gasteiger partial charge in [-0.05, 0) is 26.3 Å². The zero-order chi connectivity index (χ0) is 12.7.